The van der Waals surface area contributed by atoms with Crippen molar-refractivity contribution in [3.63, 3.8) is 0 Å². The molecule has 2 rings (SSSR count). The first-order valence-electron chi connectivity index (χ1n) is 5.35. The monoisotopic (exact) mass is 261 g/mol. The van der Waals surface area contributed by atoms with Gasteiger partial charge in [-0.25, -0.2) is 0 Å². The quantitative estimate of drug-likeness (QED) is 0.873. The second-order valence-corrected chi connectivity index (χ2v) is 4.31. The minimum atomic E-state index is -0.303. The molecule has 0 radical (unpaired) electrons. The fourth-order valence-corrected chi connectivity index (χ4v) is 1.73. The van der Waals surface area contributed by atoms with Gasteiger partial charge in [0.1, 0.15) is 0 Å². The Balaban J connectivity index is 2.22. The van der Waals surface area contributed by atoms with Crippen molar-refractivity contribution in [1.82, 2.24) is 4.98 Å². The zero-order valence-electron chi connectivity index (χ0n) is 9.77. The van der Waals surface area contributed by atoms with Gasteiger partial charge in [-0.15, -0.1) is 0 Å². The van der Waals surface area contributed by atoms with Gasteiger partial charge in [-0.05, 0) is 31.2 Å². The molecule has 0 aliphatic rings. The van der Waals surface area contributed by atoms with Crippen LogP contribution in [-0.2, 0) is 0 Å². The van der Waals surface area contributed by atoms with E-state index < -0.39 is 0 Å². The molecule has 0 atom stereocenters. The van der Waals surface area contributed by atoms with Gasteiger partial charge in [0.15, 0.2) is 0 Å². The number of amides is 1. The topological polar surface area (TPSA) is 68.0 Å². The lowest BCUT2D eigenvalue weighted by atomic mass is 10.2. The van der Waals surface area contributed by atoms with E-state index in [1.54, 1.807) is 30.3 Å². The summed E-state index contributed by atoms with van der Waals surface area (Å²) in [5.74, 6) is -0.303. The summed E-state index contributed by atoms with van der Waals surface area (Å²) in [6, 6.07) is 8.57. The molecule has 0 aliphatic heterocycles. The number of aromatic nitrogens is 1. The number of rotatable bonds is 2. The molecule has 18 heavy (non-hydrogen) atoms. The van der Waals surface area contributed by atoms with E-state index in [0.717, 1.165) is 5.69 Å². The largest absolute Gasteiger partial charge is 0.398 e. The number of nitrogen functional groups attached to an aromatic ring is 1. The van der Waals surface area contributed by atoms with E-state index in [-0.39, 0.29) is 5.91 Å². The highest BCUT2D eigenvalue weighted by Gasteiger charge is 2.10. The second kappa shape index (κ2) is 5.06. The summed E-state index contributed by atoms with van der Waals surface area (Å²) in [5, 5.41) is 3.27. The molecule has 92 valence electrons. The van der Waals surface area contributed by atoms with E-state index >= 15 is 0 Å². The Bertz CT molecular complexity index is 599. The van der Waals surface area contributed by atoms with Gasteiger partial charge in [0.25, 0.3) is 5.91 Å². The summed E-state index contributed by atoms with van der Waals surface area (Å²) in [4.78, 5) is 16.0. The highest BCUT2D eigenvalue weighted by Crippen LogP contribution is 2.17. The predicted molar refractivity (Wildman–Crippen MR) is 72.8 cm³/mol. The van der Waals surface area contributed by atoms with Gasteiger partial charge in [-0.1, -0.05) is 17.7 Å². The van der Waals surface area contributed by atoms with Crippen LogP contribution in [0.1, 0.15) is 16.1 Å². The lowest BCUT2D eigenvalue weighted by Crippen LogP contribution is -2.14. The summed E-state index contributed by atoms with van der Waals surface area (Å²) in [5.41, 5.74) is 7.92. The van der Waals surface area contributed by atoms with Crippen molar-refractivity contribution < 1.29 is 4.79 Å². The Morgan fingerprint density at radius 2 is 2.17 bits per heavy atom. The van der Waals surface area contributed by atoms with Crippen LogP contribution in [-0.4, -0.2) is 10.9 Å². The molecule has 0 spiro atoms. The number of anilines is 2. The Labute approximate surface area is 110 Å². The number of carbonyl (C=O) groups is 1. The molecule has 1 aromatic heterocycles. The number of pyridine rings is 1. The van der Waals surface area contributed by atoms with Gasteiger partial charge in [-0.2, -0.15) is 0 Å². The Kier molecular flexibility index (Phi) is 3.48. The number of aryl methyl sites for hydroxylation is 1. The molecule has 5 heteroatoms. The maximum Gasteiger partial charge on any atom is 0.259 e. The number of nitrogens with zero attached hydrogens (tertiary/aromatic N) is 1. The van der Waals surface area contributed by atoms with Crippen molar-refractivity contribution in [2.45, 2.75) is 6.92 Å². The van der Waals surface area contributed by atoms with E-state index in [1.807, 2.05) is 6.92 Å². The van der Waals surface area contributed by atoms with E-state index in [4.69, 9.17) is 17.3 Å². The molecule has 0 saturated carbocycles. The number of nitrogens with one attached hydrogen (secondary N) is 1. The van der Waals surface area contributed by atoms with Crippen LogP contribution in [0, 0.1) is 6.92 Å². The summed E-state index contributed by atoms with van der Waals surface area (Å²) in [6.07, 6.45) is 1.46. The summed E-state index contributed by atoms with van der Waals surface area (Å²) in [6.45, 7) is 1.81. The second-order valence-electron chi connectivity index (χ2n) is 3.88. The smallest absolute Gasteiger partial charge is 0.259 e. The SMILES string of the molecule is Cc1cc(N)c(C(=O)Nc2cccc(Cl)c2)cn1. The van der Waals surface area contributed by atoms with E-state index in [9.17, 15) is 4.79 Å². The third-order valence-corrected chi connectivity index (χ3v) is 2.63. The van der Waals surface area contributed by atoms with Crippen molar-refractivity contribution in [3.05, 3.63) is 52.8 Å². The maximum absolute atomic E-state index is 12.0. The Hall–Kier alpha value is -2.07. The number of carbonyl (C=O) groups excluding carboxylic acids is 1. The Morgan fingerprint density at radius 1 is 1.39 bits per heavy atom. The molecule has 3 N–H and O–H groups in total. The van der Waals surface area contributed by atoms with Crippen LogP contribution >= 0.6 is 11.6 Å². The first-order chi connectivity index (χ1) is 8.56. The van der Waals surface area contributed by atoms with Crippen LogP contribution in [0.5, 0.6) is 0 Å². The Morgan fingerprint density at radius 3 is 2.83 bits per heavy atom. The van der Waals surface area contributed by atoms with E-state index in [2.05, 4.69) is 10.3 Å². The van der Waals surface area contributed by atoms with Crippen molar-refractivity contribution in [3.8, 4) is 0 Å². The van der Waals surface area contributed by atoms with Crippen LogP contribution in [0.25, 0.3) is 0 Å². The number of hydrogen-bond acceptors (Lipinski definition) is 3. The van der Waals surface area contributed by atoms with Gasteiger partial charge >= 0.3 is 0 Å². The summed E-state index contributed by atoms with van der Waals surface area (Å²) >= 11 is 5.84. The number of halogens is 1. The highest BCUT2D eigenvalue weighted by atomic mass is 35.5. The average molecular weight is 262 g/mol. The van der Waals surface area contributed by atoms with Crippen molar-refractivity contribution in [2.24, 2.45) is 0 Å². The molecular weight excluding hydrogens is 250 g/mol. The van der Waals surface area contributed by atoms with Gasteiger partial charge in [0.05, 0.1) is 5.56 Å². The number of hydrogen-bond donors (Lipinski definition) is 2. The first kappa shape index (κ1) is 12.4. The van der Waals surface area contributed by atoms with Crippen molar-refractivity contribution in [2.75, 3.05) is 11.1 Å². The molecule has 1 aromatic carbocycles. The van der Waals surface area contributed by atoms with Gasteiger partial charge in [0, 0.05) is 28.3 Å². The van der Waals surface area contributed by atoms with E-state index in [0.29, 0.717) is 22.0 Å². The third-order valence-electron chi connectivity index (χ3n) is 2.40. The average Bonchev–Trinajstić information content (AvgIpc) is 2.28. The highest BCUT2D eigenvalue weighted by molar-refractivity contribution is 6.31. The van der Waals surface area contributed by atoms with Gasteiger partial charge in [-0.3, -0.25) is 9.78 Å². The first-order valence-corrected chi connectivity index (χ1v) is 5.73. The van der Waals surface area contributed by atoms with Gasteiger partial charge < -0.3 is 11.1 Å². The summed E-state index contributed by atoms with van der Waals surface area (Å²) in [7, 11) is 0. The minimum absolute atomic E-state index is 0.303. The number of nitrogens with two attached hydrogens (primary N) is 1. The predicted octanol–water partition coefficient (Wildman–Crippen LogP) is 2.88. The zero-order chi connectivity index (χ0) is 13.1. The zero-order valence-corrected chi connectivity index (χ0v) is 10.5. The van der Waals surface area contributed by atoms with Gasteiger partial charge in [0.2, 0.25) is 0 Å². The molecule has 4 nitrogen and oxygen atoms in total. The molecule has 0 unspecified atom stereocenters. The molecular formula is C13H12ClN3O. The molecule has 2 aromatic rings. The third kappa shape index (κ3) is 2.78. The van der Waals surface area contributed by atoms with E-state index in [1.165, 1.54) is 6.20 Å². The molecule has 0 fully saturated rings. The van der Waals surface area contributed by atoms with Crippen LogP contribution in [0.2, 0.25) is 5.02 Å². The van der Waals surface area contributed by atoms with Crippen LogP contribution in [0.15, 0.2) is 36.5 Å². The van der Waals surface area contributed by atoms with Crippen molar-refractivity contribution >= 4 is 28.9 Å². The number of benzene rings is 1. The molecule has 0 saturated heterocycles. The standard InChI is InChI=1S/C13H12ClN3O/c1-8-5-12(15)11(7-16-8)13(18)17-10-4-2-3-9(14)6-10/h2-7H,1H3,(H2,15,16)(H,17,18). The van der Waals surface area contributed by atoms with Crippen LogP contribution < -0.4 is 11.1 Å². The molecule has 0 aliphatic carbocycles. The molecule has 0 bridgehead atoms. The van der Waals surface area contributed by atoms with Crippen molar-refractivity contribution in [1.29, 1.82) is 0 Å². The van der Waals surface area contributed by atoms with Crippen LogP contribution in [0.4, 0.5) is 11.4 Å². The molecule has 1 amide bonds. The lowest BCUT2D eigenvalue weighted by molar-refractivity contribution is 0.102. The summed E-state index contributed by atoms with van der Waals surface area (Å²) < 4.78 is 0. The fraction of sp³-hybridized carbons (Fsp3) is 0.0769. The minimum Gasteiger partial charge on any atom is -0.398 e. The fourth-order valence-electron chi connectivity index (χ4n) is 1.54. The molecule has 1 heterocycles. The van der Waals surface area contributed by atoms with Crippen LogP contribution in [0.3, 0.4) is 0 Å². The normalized spacial score (nSPS) is 10.1. The maximum atomic E-state index is 12.0. The lowest BCUT2D eigenvalue weighted by Gasteiger charge is -2.07.